The molecular weight excluding hydrogens is 456 g/mol. The van der Waals surface area contributed by atoms with Gasteiger partial charge in [0, 0.05) is 25.5 Å². The second-order valence-corrected chi connectivity index (χ2v) is 10.6. The summed E-state index contributed by atoms with van der Waals surface area (Å²) >= 11 is 0. The number of hydrogen-bond donors (Lipinski definition) is 0. The van der Waals surface area contributed by atoms with Crippen molar-refractivity contribution >= 4 is 15.7 Å². The maximum atomic E-state index is 13.0. The summed E-state index contributed by atoms with van der Waals surface area (Å²) in [6.45, 7) is 4.61. The molecule has 34 heavy (non-hydrogen) atoms. The highest BCUT2D eigenvalue weighted by Gasteiger charge is 2.29. The van der Waals surface area contributed by atoms with E-state index in [0.29, 0.717) is 35.9 Å². The van der Waals surface area contributed by atoms with E-state index in [4.69, 9.17) is 9.26 Å². The van der Waals surface area contributed by atoms with E-state index in [0.717, 1.165) is 19.3 Å². The van der Waals surface area contributed by atoms with Crippen LogP contribution < -0.4 is 4.74 Å². The van der Waals surface area contributed by atoms with Gasteiger partial charge in [-0.1, -0.05) is 5.16 Å². The number of pyridine rings is 1. The second-order valence-electron chi connectivity index (χ2n) is 8.66. The highest BCUT2D eigenvalue weighted by molar-refractivity contribution is 7.90. The van der Waals surface area contributed by atoms with Gasteiger partial charge < -0.3 is 14.2 Å². The Morgan fingerprint density at radius 1 is 1.15 bits per heavy atom. The van der Waals surface area contributed by atoms with Crippen LogP contribution in [0.2, 0.25) is 0 Å². The molecular formula is C24H28N4O5S. The number of likely N-dealkylation sites (tertiary alicyclic amines) is 1. The van der Waals surface area contributed by atoms with Crippen LogP contribution in [0, 0.1) is 19.8 Å². The van der Waals surface area contributed by atoms with Gasteiger partial charge in [-0.2, -0.15) is 4.98 Å². The lowest BCUT2D eigenvalue weighted by molar-refractivity contribution is 0.0640. The van der Waals surface area contributed by atoms with Crippen LogP contribution in [0.15, 0.2) is 46.1 Å². The highest BCUT2D eigenvalue weighted by Crippen LogP contribution is 2.28. The molecule has 0 unspecified atom stereocenters. The smallest absolute Gasteiger partial charge is 0.316 e. The number of carbonyl (C=O) groups is 1. The summed E-state index contributed by atoms with van der Waals surface area (Å²) in [6, 6.07) is 7.37. The third-order valence-corrected chi connectivity index (χ3v) is 8.03. The molecule has 180 valence electrons. The van der Waals surface area contributed by atoms with Crippen LogP contribution >= 0.6 is 0 Å². The van der Waals surface area contributed by atoms with Crippen molar-refractivity contribution in [3.63, 3.8) is 0 Å². The lowest BCUT2D eigenvalue weighted by Gasteiger charge is -2.31. The molecule has 0 atom stereocenters. The molecule has 0 radical (unpaired) electrons. The minimum atomic E-state index is -3.74. The minimum Gasteiger partial charge on any atom is -0.497 e. The average Bonchev–Trinajstić information content (AvgIpc) is 3.26. The van der Waals surface area contributed by atoms with Gasteiger partial charge in [0.15, 0.2) is 15.7 Å². The van der Waals surface area contributed by atoms with E-state index in [1.165, 1.54) is 12.7 Å². The Morgan fingerprint density at radius 3 is 2.41 bits per heavy atom. The van der Waals surface area contributed by atoms with Gasteiger partial charge in [-0.25, -0.2) is 8.42 Å². The summed E-state index contributed by atoms with van der Waals surface area (Å²) in [7, 11) is -2.21. The van der Waals surface area contributed by atoms with Crippen molar-refractivity contribution in [2.24, 2.45) is 5.92 Å². The summed E-state index contributed by atoms with van der Waals surface area (Å²) < 4.78 is 36.4. The number of aryl methyl sites for hydroxylation is 2. The number of aromatic nitrogens is 3. The Bertz CT molecular complexity index is 1240. The topological polar surface area (TPSA) is 115 Å². The third kappa shape index (κ3) is 5.27. The monoisotopic (exact) mass is 484 g/mol. The summed E-state index contributed by atoms with van der Waals surface area (Å²) in [5.41, 5.74) is 2.39. The van der Waals surface area contributed by atoms with E-state index in [9.17, 15) is 13.2 Å². The molecule has 0 bridgehead atoms. The number of sulfone groups is 1. The number of benzene rings is 1. The van der Waals surface area contributed by atoms with Crippen LogP contribution in [0.25, 0.3) is 0 Å². The quantitative estimate of drug-likeness (QED) is 0.502. The molecule has 3 heterocycles. The first-order valence-electron chi connectivity index (χ1n) is 11.2. The van der Waals surface area contributed by atoms with Gasteiger partial charge in [-0.3, -0.25) is 9.78 Å². The van der Waals surface area contributed by atoms with Crippen LogP contribution in [0.5, 0.6) is 5.75 Å². The van der Waals surface area contributed by atoms with Gasteiger partial charge in [0.05, 0.1) is 12.0 Å². The van der Waals surface area contributed by atoms with Crippen LogP contribution in [-0.4, -0.2) is 54.5 Å². The number of amides is 1. The van der Waals surface area contributed by atoms with Gasteiger partial charge in [0.2, 0.25) is 0 Å². The van der Waals surface area contributed by atoms with Gasteiger partial charge in [0.25, 0.3) is 0 Å². The normalized spacial score (nSPS) is 14.9. The van der Waals surface area contributed by atoms with Crippen LogP contribution in [-0.2, 0) is 22.0 Å². The van der Waals surface area contributed by atoms with Crippen molar-refractivity contribution in [1.82, 2.24) is 20.0 Å². The van der Waals surface area contributed by atoms with Gasteiger partial charge in [-0.05, 0) is 80.0 Å². The molecule has 1 aliphatic heterocycles. The molecule has 1 aromatic carbocycles. The predicted octanol–water partition coefficient (Wildman–Crippen LogP) is 3.16. The van der Waals surface area contributed by atoms with E-state index >= 15 is 0 Å². The zero-order chi connectivity index (χ0) is 24.3. The van der Waals surface area contributed by atoms with Crippen LogP contribution in [0.1, 0.15) is 46.0 Å². The van der Waals surface area contributed by atoms with Gasteiger partial charge >= 0.3 is 11.8 Å². The summed E-state index contributed by atoms with van der Waals surface area (Å²) in [5, 5.41) is 3.76. The van der Waals surface area contributed by atoms with Gasteiger partial charge in [0.1, 0.15) is 11.5 Å². The number of carbonyl (C=O) groups excluding carboxylic acids is 1. The Kier molecular flexibility index (Phi) is 6.97. The number of piperidine rings is 1. The molecule has 0 N–H and O–H groups in total. The Balaban J connectivity index is 1.39. The molecule has 0 spiro atoms. The fourth-order valence-electron chi connectivity index (χ4n) is 4.49. The first-order chi connectivity index (χ1) is 16.3. The highest BCUT2D eigenvalue weighted by atomic mass is 32.2. The molecule has 9 nitrogen and oxygen atoms in total. The zero-order valence-electron chi connectivity index (χ0n) is 19.5. The van der Waals surface area contributed by atoms with Crippen molar-refractivity contribution < 1.29 is 22.5 Å². The van der Waals surface area contributed by atoms with Crippen LogP contribution in [0.4, 0.5) is 0 Å². The molecule has 1 aliphatic rings. The molecule has 0 saturated carbocycles. The largest absolute Gasteiger partial charge is 0.497 e. The molecule has 1 saturated heterocycles. The van der Waals surface area contributed by atoms with E-state index in [1.807, 2.05) is 12.1 Å². The second kappa shape index (κ2) is 9.92. The average molecular weight is 485 g/mol. The van der Waals surface area contributed by atoms with Crippen molar-refractivity contribution in [3.05, 3.63) is 65.1 Å². The van der Waals surface area contributed by atoms with E-state index in [-0.39, 0.29) is 22.5 Å². The molecule has 2 aromatic heterocycles. The molecule has 10 heteroatoms. The van der Waals surface area contributed by atoms with Crippen molar-refractivity contribution in [1.29, 1.82) is 0 Å². The minimum absolute atomic E-state index is 0.0365. The lowest BCUT2D eigenvalue weighted by Crippen LogP contribution is -2.39. The zero-order valence-corrected chi connectivity index (χ0v) is 20.3. The maximum absolute atomic E-state index is 13.0. The fraction of sp³-hybridized carbons (Fsp3) is 0.417. The Hall–Kier alpha value is -3.27. The summed E-state index contributed by atoms with van der Waals surface area (Å²) in [5.74, 6) is 0.0461. The van der Waals surface area contributed by atoms with Crippen LogP contribution in [0.3, 0.4) is 0 Å². The third-order valence-electron chi connectivity index (χ3n) is 6.13. The Labute approximate surface area is 199 Å². The molecule has 4 rings (SSSR count). The van der Waals surface area contributed by atoms with Gasteiger partial charge in [-0.15, -0.1) is 0 Å². The number of nitrogens with zero attached hydrogens (tertiary/aromatic N) is 4. The lowest BCUT2D eigenvalue weighted by atomic mass is 9.90. The molecule has 0 aliphatic carbocycles. The number of rotatable bonds is 7. The Morgan fingerprint density at radius 2 is 1.79 bits per heavy atom. The fourth-order valence-corrected chi connectivity index (χ4v) is 6.19. The van der Waals surface area contributed by atoms with E-state index in [1.54, 1.807) is 43.3 Å². The number of hydrogen-bond acceptors (Lipinski definition) is 8. The van der Waals surface area contributed by atoms with E-state index < -0.39 is 15.6 Å². The van der Waals surface area contributed by atoms with Crippen molar-refractivity contribution in [2.75, 3.05) is 20.2 Å². The first-order valence-corrected chi connectivity index (χ1v) is 12.8. The number of methoxy groups -OCH3 is 1. The maximum Gasteiger partial charge on any atom is 0.316 e. The molecule has 3 aromatic rings. The standard InChI is InChI=1S/C24H28N4O5S/c1-16-12-20(32-3)13-17(2)22(16)34(30,31)15-21-26-23(33-27-21)24(29)28-10-6-19(7-11-28)14-18-4-8-25-9-5-18/h4-5,8-9,12-13,19H,6-7,10-11,14-15H2,1-3H3. The summed E-state index contributed by atoms with van der Waals surface area (Å²) in [4.78, 5) is 22.9. The van der Waals surface area contributed by atoms with Crippen molar-refractivity contribution in [3.8, 4) is 5.75 Å². The van der Waals surface area contributed by atoms with E-state index in [2.05, 4.69) is 15.1 Å². The molecule has 1 fully saturated rings. The number of ether oxygens (including phenoxy) is 1. The first kappa shape index (κ1) is 23.9. The SMILES string of the molecule is COc1cc(C)c(S(=O)(=O)Cc2noc(C(=O)N3CCC(Cc4ccncc4)CC3)n2)c(C)c1. The predicted molar refractivity (Wildman–Crippen MR) is 124 cm³/mol. The molecule has 1 amide bonds. The van der Waals surface area contributed by atoms with Crippen molar-refractivity contribution in [2.45, 2.75) is 43.8 Å². The summed E-state index contributed by atoms with van der Waals surface area (Å²) in [6.07, 6.45) is 6.29.